The first-order chi connectivity index (χ1) is 13.6. The number of ketones is 1. The number of para-hydroxylation sites is 1. The largest absolute Gasteiger partial charge is 0.345 e. The molecule has 0 fully saturated rings. The molecule has 4 aromatic rings. The summed E-state index contributed by atoms with van der Waals surface area (Å²) < 4.78 is 1.76. The number of pyridine rings is 1. The molecule has 0 saturated heterocycles. The molecule has 1 amide bonds. The van der Waals surface area contributed by atoms with E-state index < -0.39 is 11.7 Å². The highest BCUT2D eigenvalue weighted by molar-refractivity contribution is 6.47. The minimum absolute atomic E-state index is 0.370. The second kappa shape index (κ2) is 7.12. The maximum atomic E-state index is 13.1. The number of hydrogen-bond donors (Lipinski definition) is 1. The number of nitrogens with one attached hydrogen (secondary N) is 1. The molecule has 2 aromatic heterocycles. The Morgan fingerprint density at radius 2 is 1.71 bits per heavy atom. The van der Waals surface area contributed by atoms with Gasteiger partial charge in [0.15, 0.2) is 0 Å². The van der Waals surface area contributed by atoms with Crippen LogP contribution in [0.3, 0.4) is 0 Å². The first kappa shape index (κ1) is 17.7. The van der Waals surface area contributed by atoms with Gasteiger partial charge in [-0.1, -0.05) is 48.5 Å². The molecule has 28 heavy (non-hydrogen) atoms. The van der Waals surface area contributed by atoms with Gasteiger partial charge in [-0.2, -0.15) is 0 Å². The third kappa shape index (κ3) is 3.07. The maximum absolute atomic E-state index is 13.1. The second-order valence-electron chi connectivity index (χ2n) is 6.64. The van der Waals surface area contributed by atoms with E-state index in [1.807, 2.05) is 67.6 Å². The zero-order valence-corrected chi connectivity index (χ0v) is 15.6. The van der Waals surface area contributed by atoms with Crippen LogP contribution < -0.4 is 5.32 Å². The van der Waals surface area contributed by atoms with Gasteiger partial charge in [-0.15, -0.1) is 0 Å². The highest BCUT2D eigenvalue weighted by Gasteiger charge is 2.25. The van der Waals surface area contributed by atoms with Crippen molar-refractivity contribution in [2.24, 2.45) is 7.05 Å². The van der Waals surface area contributed by atoms with E-state index in [0.29, 0.717) is 16.9 Å². The van der Waals surface area contributed by atoms with Crippen molar-refractivity contribution in [2.45, 2.75) is 6.92 Å². The van der Waals surface area contributed by atoms with Crippen LogP contribution in [0.5, 0.6) is 0 Å². The Bertz CT molecular complexity index is 1190. The molecule has 2 aromatic carbocycles. The van der Waals surface area contributed by atoms with E-state index in [0.717, 1.165) is 22.2 Å². The normalized spacial score (nSPS) is 10.8. The number of anilines is 1. The van der Waals surface area contributed by atoms with Crippen LogP contribution in [-0.4, -0.2) is 21.2 Å². The fourth-order valence-electron chi connectivity index (χ4n) is 3.34. The number of aromatic nitrogens is 2. The molecule has 4 rings (SSSR count). The van der Waals surface area contributed by atoms with Gasteiger partial charge >= 0.3 is 0 Å². The number of nitrogens with zero attached hydrogens (tertiary/aromatic N) is 2. The van der Waals surface area contributed by atoms with Crippen LogP contribution in [0.2, 0.25) is 0 Å². The molecule has 0 atom stereocenters. The number of carbonyl (C=O) groups is 2. The van der Waals surface area contributed by atoms with Gasteiger partial charge in [-0.25, -0.2) is 0 Å². The number of hydrogen-bond acceptors (Lipinski definition) is 3. The van der Waals surface area contributed by atoms with Gasteiger partial charge in [0.1, 0.15) is 5.69 Å². The number of fused-ring (bicyclic) bond motifs is 1. The molecule has 138 valence electrons. The fourth-order valence-corrected chi connectivity index (χ4v) is 3.34. The van der Waals surface area contributed by atoms with E-state index in [1.165, 1.54) is 0 Å². The molecule has 0 unspecified atom stereocenters. The van der Waals surface area contributed by atoms with E-state index in [1.54, 1.807) is 23.9 Å². The van der Waals surface area contributed by atoms with Gasteiger partial charge in [0.25, 0.3) is 11.7 Å². The molecular weight excluding hydrogens is 350 g/mol. The number of benzene rings is 2. The standard InChI is InChI=1S/C23H19N3O2/c1-15-14-18(16-8-4-3-5-9-16)21(26(15)2)22(27)23(28)25-19-12-6-10-17-11-7-13-24-20(17)19/h3-14H,1-2H3,(H,25,28). The fraction of sp³-hybridized carbons (Fsp3) is 0.0870. The van der Waals surface area contributed by atoms with Gasteiger partial charge in [0.2, 0.25) is 0 Å². The first-order valence-corrected chi connectivity index (χ1v) is 8.97. The number of rotatable bonds is 4. The van der Waals surface area contributed by atoms with Crippen molar-refractivity contribution >= 4 is 28.3 Å². The Morgan fingerprint density at radius 3 is 2.50 bits per heavy atom. The summed E-state index contributed by atoms with van der Waals surface area (Å²) in [4.78, 5) is 30.2. The smallest absolute Gasteiger partial charge is 0.298 e. The number of amides is 1. The molecule has 0 aliphatic rings. The average Bonchev–Trinajstić information content (AvgIpc) is 3.03. The van der Waals surface area contributed by atoms with E-state index in [2.05, 4.69) is 10.3 Å². The predicted octanol–water partition coefficient (Wildman–Crippen LogP) is 4.37. The van der Waals surface area contributed by atoms with Crippen molar-refractivity contribution in [1.29, 1.82) is 0 Å². The SMILES string of the molecule is Cc1cc(-c2ccccc2)c(C(=O)C(=O)Nc2cccc3cccnc23)n1C. The van der Waals surface area contributed by atoms with Crippen LogP contribution >= 0.6 is 0 Å². The molecule has 0 saturated carbocycles. The Kier molecular flexibility index (Phi) is 4.49. The summed E-state index contributed by atoms with van der Waals surface area (Å²) in [5, 5.41) is 3.63. The summed E-state index contributed by atoms with van der Waals surface area (Å²) in [6.07, 6.45) is 1.66. The molecule has 0 spiro atoms. The van der Waals surface area contributed by atoms with Gasteiger partial charge < -0.3 is 9.88 Å². The Labute approximate surface area is 162 Å². The lowest BCUT2D eigenvalue weighted by Crippen LogP contribution is -2.25. The van der Waals surface area contributed by atoms with Crippen molar-refractivity contribution in [1.82, 2.24) is 9.55 Å². The van der Waals surface area contributed by atoms with Gasteiger partial charge in [0, 0.05) is 29.9 Å². The summed E-state index contributed by atoms with van der Waals surface area (Å²) in [5.41, 5.74) is 4.09. The molecule has 5 heteroatoms. The Hall–Kier alpha value is -3.73. The summed E-state index contributed by atoms with van der Waals surface area (Å²) in [6, 6.07) is 20.7. The molecule has 5 nitrogen and oxygen atoms in total. The third-order valence-corrected chi connectivity index (χ3v) is 4.86. The van der Waals surface area contributed by atoms with Crippen molar-refractivity contribution in [2.75, 3.05) is 5.32 Å². The summed E-state index contributed by atoms with van der Waals surface area (Å²) in [5.74, 6) is -1.26. The molecule has 1 N–H and O–H groups in total. The minimum Gasteiger partial charge on any atom is -0.345 e. The van der Waals surface area contributed by atoms with Crippen LogP contribution in [0.1, 0.15) is 16.2 Å². The van der Waals surface area contributed by atoms with Gasteiger partial charge in [0.05, 0.1) is 11.2 Å². The monoisotopic (exact) mass is 369 g/mol. The van der Waals surface area contributed by atoms with E-state index in [-0.39, 0.29) is 0 Å². The van der Waals surface area contributed by atoms with Crippen molar-refractivity contribution in [3.63, 3.8) is 0 Å². The molecule has 0 aliphatic heterocycles. The topological polar surface area (TPSA) is 64.0 Å². The van der Waals surface area contributed by atoms with E-state index in [9.17, 15) is 9.59 Å². The summed E-state index contributed by atoms with van der Waals surface area (Å²) in [7, 11) is 1.79. The third-order valence-electron chi connectivity index (χ3n) is 4.86. The zero-order valence-electron chi connectivity index (χ0n) is 15.6. The van der Waals surface area contributed by atoms with Crippen molar-refractivity contribution < 1.29 is 9.59 Å². The van der Waals surface area contributed by atoms with Crippen molar-refractivity contribution in [3.05, 3.63) is 84.3 Å². The lowest BCUT2D eigenvalue weighted by atomic mass is 10.0. The summed E-state index contributed by atoms with van der Waals surface area (Å²) in [6.45, 7) is 1.91. The molecule has 0 aliphatic carbocycles. The van der Waals surface area contributed by atoms with Crippen LogP contribution in [0.15, 0.2) is 72.9 Å². The summed E-state index contributed by atoms with van der Waals surface area (Å²) >= 11 is 0. The van der Waals surface area contributed by atoms with Crippen LogP contribution in [-0.2, 0) is 11.8 Å². The lowest BCUT2D eigenvalue weighted by Gasteiger charge is -2.10. The molecular formula is C23H19N3O2. The van der Waals surface area contributed by atoms with Crippen LogP contribution in [0, 0.1) is 6.92 Å². The van der Waals surface area contributed by atoms with E-state index >= 15 is 0 Å². The highest BCUT2D eigenvalue weighted by atomic mass is 16.2. The number of Topliss-reactive ketones (excluding diaryl/α,β-unsaturated/α-hetero) is 1. The zero-order chi connectivity index (χ0) is 19.7. The molecule has 0 radical (unpaired) electrons. The average molecular weight is 369 g/mol. The minimum atomic E-state index is -0.684. The molecule has 2 heterocycles. The van der Waals surface area contributed by atoms with Crippen LogP contribution in [0.4, 0.5) is 5.69 Å². The Morgan fingerprint density at radius 1 is 0.964 bits per heavy atom. The quantitative estimate of drug-likeness (QED) is 0.429. The Balaban J connectivity index is 1.71. The van der Waals surface area contributed by atoms with E-state index in [4.69, 9.17) is 0 Å². The van der Waals surface area contributed by atoms with Crippen LogP contribution in [0.25, 0.3) is 22.0 Å². The number of aryl methyl sites for hydroxylation is 1. The highest BCUT2D eigenvalue weighted by Crippen LogP contribution is 2.28. The number of carbonyl (C=O) groups excluding carboxylic acids is 2. The van der Waals surface area contributed by atoms with Crippen molar-refractivity contribution in [3.8, 4) is 11.1 Å². The van der Waals surface area contributed by atoms with Gasteiger partial charge in [-0.3, -0.25) is 14.6 Å². The second-order valence-corrected chi connectivity index (χ2v) is 6.64. The van der Waals surface area contributed by atoms with Gasteiger partial charge in [-0.05, 0) is 30.7 Å². The molecule has 0 bridgehead atoms. The first-order valence-electron chi connectivity index (χ1n) is 8.97. The maximum Gasteiger partial charge on any atom is 0.298 e. The lowest BCUT2D eigenvalue weighted by molar-refractivity contribution is -0.112. The predicted molar refractivity (Wildman–Crippen MR) is 110 cm³/mol.